The summed E-state index contributed by atoms with van der Waals surface area (Å²) in [6, 6.07) is 6.75. The molecule has 1 unspecified atom stereocenters. The number of benzene rings is 1. The third-order valence-corrected chi connectivity index (χ3v) is 5.43. The first-order valence-electron chi connectivity index (χ1n) is 7.85. The lowest BCUT2D eigenvalue weighted by Crippen LogP contribution is -2.36. The van der Waals surface area contributed by atoms with Gasteiger partial charge in [-0.1, -0.05) is 28.1 Å². The summed E-state index contributed by atoms with van der Waals surface area (Å²) in [5.41, 5.74) is 2.68. The van der Waals surface area contributed by atoms with E-state index in [9.17, 15) is 4.79 Å². The summed E-state index contributed by atoms with van der Waals surface area (Å²) >= 11 is 3.60. The fourth-order valence-electron chi connectivity index (χ4n) is 3.14. The first kappa shape index (κ1) is 17.4. The van der Waals surface area contributed by atoms with Gasteiger partial charge in [-0.25, -0.2) is 0 Å². The quantitative estimate of drug-likeness (QED) is 0.866. The second-order valence-electron chi connectivity index (χ2n) is 6.19. The summed E-state index contributed by atoms with van der Waals surface area (Å²) < 4.78 is 1.17. The Morgan fingerprint density at radius 2 is 2.18 bits per heavy atom. The van der Waals surface area contributed by atoms with Gasteiger partial charge in [-0.3, -0.25) is 14.6 Å². The minimum absolute atomic E-state index is 0.134. The Kier molecular flexibility index (Phi) is 6.41. The average Bonchev–Trinajstić information content (AvgIpc) is 2.69. The van der Waals surface area contributed by atoms with Crippen LogP contribution in [0.15, 0.2) is 22.7 Å². The van der Waals surface area contributed by atoms with Crippen LogP contribution in [-0.2, 0) is 11.3 Å². The van der Waals surface area contributed by atoms with E-state index in [1.807, 2.05) is 11.9 Å². The van der Waals surface area contributed by atoms with E-state index in [4.69, 9.17) is 5.11 Å². The van der Waals surface area contributed by atoms with Crippen LogP contribution in [0, 0.1) is 6.92 Å². The molecule has 0 amide bonds. The van der Waals surface area contributed by atoms with Crippen molar-refractivity contribution >= 4 is 21.9 Å². The van der Waals surface area contributed by atoms with Crippen LogP contribution in [0.3, 0.4) is 0 Å². The van der Waals surface area contributed by atoms with E-state index >= 15 is 0 Å². The van der Waals surface area contributed by atoms with Gasteiger partial charge in [-0.15, -0.1) is 0 Å². The van der Waals surface area contributed by atoms with Crippen LogP contribution in [-0.4, -0.2) is 53.6 Å². The highest BCUT2D eigenvalue weighted by atomic mass is 79.9. The average molecular weight is 369 g/mol. The van der Waals surface area contributed by atoms with E-state index in [1.165, 1.54) is 15.6 Å². The molecule has 122 valence electrons. The van der Waals surface area contributed by atoms with Crippen molar-refractivity contribution in [1.29, 1.82) is 0 Å². The maximum atomic E-state index is 10.9. The maximum Gasteiger partial charge on any atom is 0.317 e. The van der Waals surface area contributed by atoms with Crippen molar-refractivity contribution in [2.24, 2.45) is 0 Å². The zero-order valence-electron chi connectivity index (χ0n) is 13.4. The third-order valence-electron chi connectivity index (χ3n) is 4.57. The fraction of sp³-hybridized carbons (Fsp3) is 0.588. The van der Waals surface area contributed by atoms with E-state index in [1.54, 1.807) is 0 Å². The monoisotopic (exact) mass is 368 g/mol. The molecular formula is C17H25BrN2O2. The van der Waals surface area contributed by atoms with Gasteiger partial charge in [0.25, 0.3) is 0 Å². The Labute approximate surface area is 141 Å². The van der Waals surface area contributed by atoms with Gasteiger partial charge >= 0.3 is 5.97 Å². The number of likely N-dealkylation sites (tertiary alicyclic amines) is 1. The van der Waals surface area contributed by atoms with Gasteiger partial charge in [0, 0.05) is 17.1 Å². The molecule has 0 radical (unpaired) electrons. The van der Waals surface area contributed by atoms with Crippen LogP contribution in [0.4, 0.5) is 0 Å². The fourth-order valence-corrected chi connectivity index (χ4v) is 3.55. The summed E-state index contributed by atoms with van der Waals surface area (Å²) in [4.78, 5) is 15.3. The Bertz CT molecular complexity index is 521. The molecule has 1 aliphatic rings. The Morgan fingerprint density at radius 1 is 1.41 bits per heavy atom. The third kappa shape index (κ3) is 4.80. The SMILES string of the molecule is Cc1c(Br)cccc1CN1CCCC(N(C)CC(=O)O)CC1. The standard InChI is InChI=1S/C17H25BrN2O2/c1-13-14(5-3-7-16(13)18)11-20-9-4-6-15(8-10-20)19(2)12-17(21)22/h3,5,7,15H,4,6,8-12H2,1-2H3,(H,21,22). The number of carboxylic acids is 1. The number of nitrogens with zero attached hydrogens (tertiary/aromatic N) is 2. The van der Waals surface area contributed by atoms with Crippen molar-refractivity contribution in [2.75, 3.05) is 26.7 Å². The zero-order chi connectivity index (χ0) is 16.1. The van der Waals surface area contributed by atoms with Crippen LogP contribution >= 0.6 is 15.9 Å². The number of halogens is 1. The Morgan fingerprint density at radius 3 is 2.91 bits per heavy atom. The normalized spacial score (nSPS) is 20.1. The minimum atomic E-state index is -0.742. The second kappa shape index (κ2) is 8.09. The smallest absolute Gasteiger partial charge is 0.317 e. The molecule has 0 spiro atoms. The molecule has 0 saturated carbocycles. The van der Waals surface area contributed by atoms with Crippen LogP contribution in [0.2, 0.25) is 0 Å². The Balaban J connectivity index is 1.93. The van der Waals surface area contributed by atoms with E-state index in [0.717, 1.165) is 38.9 Å². The van der Waals surface area contributed by atoms with E-state index < -0.39 is 5.97 Å². The molecule has 4 nitrogen and oxygen atoms in total. The van der Waals surface area contributed by atoms with Gasteiger partial charge in [0.15, 0.2) is 0 Å². The molecule has 1 aromatic rings. The number of hydrogen-bond acceptors (Lipinski definition) is 3. The summed E-state index contributed by atoms with van der Waals surface area (Å²) in [5, 5.41) is 8.93. The highest BCUT2D eigenvalue weighted by Gasteiger charge is 2.22. The van der Waals surface area contributed by atoms with E-state index in [0.29, 0.717) is 6.04 Å². The number of likely N-dealkylation sites (N-methyl/N-ethyl adjacent to an activating group) is 1. The van der Waals surface area contributed by atoms with Gasteiger partial charge in [-0.2, -0.15) is 0 Å². The summed E-state index contributed by atoms with van der Waals surface area (Å²) in [6.07, 6.45) is 3.25. The molecule has 1 heterocycles. The van der Waals surface area contributed by atoms with Crippen molar-refractivity contribution in [3.05, 3.63) is 33.8 Å². The lowest BCUT2D eigenvalue weighted by Gasteiger charge is -2.26. The predicted octanol–water partition coefficient (Wildman–Crippen LogP) is 3.13. The number of hydrogen-bond donors (Lipinski definition) is 1. The molecule has 1 aromatic carbocycles. The number of carbonyl (C=O) groups is 1. The molecule has 0 aromatic heterocycles. The first-order valence-corrected chi connectivity index (χ1v) is 8.65. The molecule has 1 atom stereocenters. The van der Waals surface area contributed by atoms with Crippen LogP contribution in [0.25, 0.3) is 0 Å². The predicted molar refractivity (Wildman–Crippen MR) is 92.1 cm³/mol. The first-order chi connectivity index (χ1) is 10.5. The highest BCUT2D eigenvalue weighted by Crippen LogP contribution is 2.22. The number of rotatable bonds is 5. The van der Waals surface area contributed by atoms with E-state index in [-0.39, 0.29) is 6.54 Å². The van der Waals surface area contributed by atoms with Crippen molar-refractivity contribution in [3.8, 4) is 0 Å². The Hall–Kier alpha value is -0.910. The van der Waals surface area contributed by atoms with Crippen molar-refractivity contribution in [2.45, 2.75) is 38.8 Å². The number of aliphatic carboxylic acids is 1. The van der Waals surface area contributed by atoms with Crippen molar-refractivity contribution in [1.82, 2.24) is 9.80 Å². The molecule has 1 fully saturated rings. The van der Waals surface area contributed by atoms with Crippen LogP contribution in [0.1, 0.15) is 30.4 Å². The van der Waals surface area contributed by atoms with Crippen molar-refractivity contribution in [3.63, 3.8) is 0 Å². The van der Waals surface area contributed by atoms with Crippen LogP contribution in [0.5, 0.6) is 0 Å². The van der Waals surface area contributed by atoms with Gasteiger partial charge in [0.05, 0.1) is 6.54 Å². The maximum absolute atomic E-state index is 10.9. The highest BCUT2D eigenvalue weighted by molar-refractivity contribution is 9.10. The summed E-state index contributed by atoms with van der Waals surface area (Å²) in [5.74, 6) is -0.742. The van der Waals surface area contributed by atoms with Gasteiger partial charge in [0.2, 0.25) is 0 Å². The topological polar surface area (TPSA) is 43.8 Å². The number of carboxylic acid groups (broad SMARTS) is 1. The molecule has 1 N–H and O–H groups in total. The molecular weight excluding hydrogens is 344 g/mol. The van der Waals surface area contributed by atoms with E-state index in [2.05, 4.69) is 46.0 Å². The molecule has 1 aliphatic heterocycles. The second-order valence-corrected chi connectivity index (χ2v) is 7.05. The van der Waals surface area contributed by atoms with Gasteiger partial charge < -0.3 is 5.11 Å². The zero-order valence-corrected chi connectivity index (χ0v) is 15.0. The molecule has 0 aliphatic carbocycles. The summed E-state index contributed by atoms with van der Waals surface area (Å²) in [6.45, 7) is 5.38. The molecule has 2 rings (SSSR count). The minimum Gasteiger partial charge on any atom is -0.480 e. The van der Waals surface area contributed by atoms with Gasteiger partial charge in [-0.05, 0) is 63.5 Å². The largest absolute Gasteiger partial charge is 0.480 e. The van der Waals surface area contributed by atoms with Crippen molar-refractivity contribution < 1.29 is 9.90 Å². The summed E-state index contributed by atoms with van der Waals surface area (Å²) in [7, 11) is 1.92. The van der Waals surface area contributed by atoms with Gasteiger partial charge in [0.1, 0.15) is 0 Å². The molecule has 1 saturated heterocycles. The van der Waals surface area contributed by atoms with Crippen LogP contribution < -0.4 is 0 Å². The lowest BCUT2D eigenvalue weighted by atomic mass is 10.1. The lowest BCUT2D eigenvalue weighted by molar-refractivity contribution is -0.138. The molecule has 22 heavy (non-hydrogen) atoms. The molecule has 0 bridgehead atoms. The molecule has 5 heteroatoms.